The predicted octanol–water partition coefficient (Wildman–Crippen LogP) is 16.9. The molecule has 6 aromatic carbocycles. The summed E-state index contributed by atoms with van der Waals surface area (Å²) in [6.45, 7) is 14.9. The Labute approximate surface area is 403 Å². The maximum atomic E-state index is 2.75. The summed E-state index contributed by atoms with van der Waals surface area (Å²) in [4.78, 5) is 7.86. The van der Waals surface area contributed by atoms with Crippen LogP contribution in [0.1, 0.15) is 111 Å². The van der Waals surface area contributed by atoms with Crippen molar-refractivity contribution >= 4 is 40.2 Å². The number of hydrogen-bond acceptors (Lipinski definition) is 3. The fraction of sp³-hybridized carbons (Fsp3) is 0.231. The molecule has 4 aliphatic carbocycles. The highest BCUT2D eigenvalue weighted by molar-refractivity contribution is 6.00. The molecule has 3 unspecified atom stereocenters. The van der Waals surface area contributed by atoms with Crippen molar-refractivity contribution in [3.63, 3.8) is 0 Å². The molecule has 0 amide bonds. The van der Waals surface area contributed by atoms with Crippen LogP contribution in [0.4, 0.5) is 34.1 Å². The maximum absolute atomic E-state index is 2.75. The van der Waals surface area contributed by atoms with Crippen molar-refractivity contribution in [1.29, 1.82) is 0 Å². The summed E-state index contributed by atoms with van der Waals surface area (Å²) in [5.74, 6) is 0.570. The van der Waals surface area contributed by atoms with Crippen LogP contribution < -0.4 is 14.7 Å². The average Bonchev–Trinajstić information content (AvgIpc) is 3.37. The van der Waals surface area contributed by atoms with E-state index in [1.54, 1.807) is 0 Å². The van der Waals surface area contributed by atoms with Crippen molar-refractivity contribution in [2.75, 3.05) is 14.7 Å². The van der Waals surface area contributed by atoms with Gasteiger partial charge >= 0.3 is 0 Å². The first-order valence-electron chi connectivity index (χ1n) is 24.9. The quantitative estimate of drug-likeness (QED) is 0.158. The standard InChI is InChI=1S/C65H59N3/c1-63(2)52-30-19-31-53-60(52)68-61-54(63)38-45(42-34-36-48(37-35-42)66(46-24-9-7-10-25-46)47-26-11-8-12-27-47)39-55(61)65(5,6)57-41-49(40-56(62(57)68)64(53,3)4)67(58-32-17-22-43-20-13-15-28-50(43)58)59-33-18-23-44-21-14-16-29-51(44)59/h7,9-11,13-32,34-41,43,50,59H,8,12,33H2,1-6H3. The third-order valence-electron chi connectivity index (χ3n) is 16.7. The van der Waals surface area contributed by atoms with Crippen molar-refractivity contribution in [1.82, 2.24) is 0 Å². The van der Waals surface area contributed by atoms with E-state index in [9.17, 15) is 0 Å². The monoisotopic (exact) mass is 881 g/mol. The van der Waals surface area contributed by atoms with Gasteiger partial charge in [-0.2, -0.15) is 0 Å². The van der Waals surface area contributed by atoms with E-state index in [0.29, 0.717) is 5.92 Å². The van der Waals surface area contributed by atoms with Crippen molar-refractivity contribution < 1.29 is 0 Å². The van der Waals surface area contributed by atoms with Crippen molar-refractivity contribution in [3.05, 3.63) is 244 Å². The number of hydrogen-bond donors (Lipinski definition) is 0. The predicted molar refractivity (Wildman–Crippen MR) is 286 cm³/mol. The van der Waals surface area contributed by atoms with Gasteiger partial charge in [0.1, 0.15) is 0 Å². The lowest BCUT2D eigenvalue weighted by atomic mass is 9.60. The average molecular weight is 882 g/mol. The van der Waals surface area contributed by atoms with Gasteiger partial charge in [0, 0.05) is 56.5 Å². The Morgan fingerprint density at radius 3 is 1.84 bits per heavy atom. The molecule has 3 heteroatoms. The normalized spacial score (nSPS) is 21.9. The number of fused-ring (bicyclic) bond motifs is 2. The molecule has 0 radical (unpaired) electrons. The fourth-order valence-electron chi connectivity index (χ4n) is 13.0. The number of rotatable bonds is 7. The van der Waals surface area contributed by atoms with Crippen LogP contribution in [0.2, 0.25) is 0 Å². The van der Waals surface area contributed by atoms with Crippen LogP contribution in [0.25, 0.3) is 17.2 Å². The molecule has 0 aromatic heterocycles. The molecule has 0 saturated heterocycles. The van der Waals surface area contributed by atoms with E-state index in [1.165, 1.54) is 101 Å². The lowest BCUT2D eigenvalue weighted by molar-refractivity contribution is 0.551. The van der Waals surface area contributed by atoms with Crippen molar-refractivity contribution in [2.24, 2.45) is 11.8 Å². The molecule has 13 rings (SSSR count). The van der Waals surface area contributed by atoms with Gasteiger partial charge in [0.05, 0.1) is 23.1 Å². The lowest BCUT2D eigenvalue weighted by Gasteiger charge is -2.55. The first kappa shape index (κ1) is 41.1. The third-order valence-corrected chi connectivity index (χ3v) is 16.7. The molecule has 0 spiro atoms. The second-order valence-corrected chi connectivity index (χ2v) is 21.6. The van der Waals surface area contributed by atoms with E-state index in [2.05, 4.69) is 250 Å². The molecule has 3 nitrogen and oxygen atoms in total. The molecule has 0 fully saturated rings. The Morgan fingerprint density at radius 1 is 0.515 bits per heavy atom. The minimum absolute atomic E-state index is 0.143. The number of allylic oxidation sites excluding steroid dienone is 10. The van der Waals surface area contributed by atoms with E-state index in [1.807, 2.05) is 0 Å². The molecular weight excluding hydrogens is 823 g/mol. The Bertz CT molecular complexity index is 3310. The number of benzene rings is 6. The van der Waals surface area contributed by atoms with Gasteiger partial charge in [-0.1, -0.05) is 175 Å². The van der Waals surface area contributed by atoms with E-state index >= 15 is 0 Å². The summed E-state index contributed by atoms with van der Waals surface area (Å²) < 4.78 is 0. The zero-order chi connectivity index (χ0) is 46.1. The summed E-state index contributed by atoms with van der Waals surface area (Å²) in [5.41, 5.74) is 23.1. The molecule has 0 saturated carbocycles. The van der Waals surface area contributed by atoms with Gasteiger partial charge in [-0.3, -0.25) is 0 Å². The minimum atomic E-state index is -0.330. The first-order valence-corrected chi connectivity index (χ1v) is 24.9. The van der Waals surface area contributed by atoms with E-state index < -0.39 is 0 Å². The Kier molecular flexibility index (Phi) is 9.04. The minimum Gasteiger partial charge on any atom is -0.337 e. The van der Waals surface area contributed by atoms with Crippen molar-refractivity contribution in [2.45, 2.75) is 83.1 Å². The van der Waals surface area contributed by atoms with E-state index in [-0.39, 0.29) is 28.2 Å². The molecule has 0 bridgehead atoms. The molecule has 68 heavy (non-hydrogen) atoms. The van der Waals surface area contributed by atoms with Crippen LogP contribution in [0.5, 0.6) is 0 Å². The summed E-state index contributed by atoms with van der Waals surface area (Å²) in [6.07, 6.45) is 31.1. The lowest BCUT2D eigenvalue weighted by Crippen LogP contribution is -2.44. The Hall–Kier alpha value is -7.10. The van der Waals surface area contributed by atoms with Crippen LogP contribution in [-0.2, 0) is 16.2 Å². The molecule has 3 heterocycles. The van der Waals surface area contributed by atoms with Crippen LogP contribution in [0.15, 0.2) is 200 Å². The van der Waals surface area contributed by atoms with Gasteiger partial charge in [-0.05, 0) is 136 Å². The fourth-order valence-corrected chi connectivity index (χ4v) is 13.0. The zero-order valence-corrected chi connectivity index (χ0v) is 40.2. The SMILES string of the molecule is CC1(C)c2cccc3c2N2c4c1cc(-c1ccc(N(C5=CCCC=C5)c5ccccc5)cc1)cc4C(C)(C)c1cc(N(C4=CC=CC5C=CC=CC45)C4CC=Cc5ccccc54)cc(c12)C3(C)C. The summed E-state index contributed by atoms with van der Waals surface area (Å²) in [7, 11) is 0. The Balaban J connectivity index is 1.02. The highest BCUT2D eigenvalue weighted by atomic mass is 15.2. The van der Waals surface area contributed by atoms with Gasteiger partial charge in [-0.25, -0.2) is 0 Å². The summed E-state index contributed by atoms with van der Waals surface area (Å²) >= 11 is 0. The first-order chi connectivity index (χ1) is 33.0. The molecule has 334 valence electrons. The Morgan fingerprint density at radius 2 is 1.13 bits per heavy atom. The molecule has 3 aliphatic heterocycles. The van der Waals surface area contributed by atoms with Gasteiger partial charge < -0.3 is 14.7 Å². The smallest absolute Gasteiger partial charge is 0.0629 e. The summed E-state index contributed by atoms with van der Waals surface area (Å²) in [6, 6.07) is 46.8. The van der Waals surface area contributed by atoms with Crippen LogP contribution in [0.3, 0.4) is 0 Å². The third kappa shape index (κ3) is 5.90. The van der Waals surface area contributed by atoms with Crippen molar-refractivity contribution in [3.8, 4) is 11.1 Å². The highest BCUT2D eigenvalue weighted by Crippen LogP contribution is 2.67. The van der Waals surface area contributed by atoms with Crippen LogP contribution in [-0.4, -0.2) is 0 Å². The maximum Gasteiger partial charge on any atom is 0.0629 e. The van der Waals surface area contributed by atoms with Gasteiger partial charge in [-0.15, -0.1) is 0 Å². The molecule has 6 aromatic rings. The molecule has 0 N–H and O–H groups in total. The van der Waals surface area contributed by atoms with Gasteiger partial charge in [0.15, 0.2) is 0 Å². The second kappa shape index (κ2) is 14.9. The number of para-hydroxylation sites is 2. The summed E-state index contributed by atoms with van der Waals surface area (Å²) in [5, 5.41) is 0. The molecule has 7 aliphatic rings. The highest BCUT2D eigenvalue weighted by Gasteiger charge is 2.52. The van der Waals surface area contributed by atoms with Crippen LogP contribution in [0, 0.1) is 11.8 Å². The topological polar surface area (TPSA) is 9.72 Å². The zero-order valence-electron chi connectivity index (χ0n) is 40.2. The molecular formula is C65H59N3. The number of anilines is 6. The molecule has 3 atom stereocenters. The van der Waals surface area contributed by atoms with Gasteiger partial charge in [0.2, 0.25) is 0 Å². The van der Waals surface area contributed by atoms with E-state index in [0.717, 1.165) is 19.3 Å². The van der Waals surface area contributed by atoms with Crippen LogP contribution >= 0.6 is 0 Å². The number of nitrogens with zero attached hydrogens (tertiary/aromatic N) is 3. The van der Waals surface area contributed by atoms with E-state index in [4.69, 9.17) is 0 Å². The van der Waals surface area contributed by atoms with Gasteiger partial charge in [0.25, 0.3) is 0 Å². The second-order valence-electron chi connectivity index (χ2n) is 21.6. The largest absolute Gasteiger partial charge is 0.337 e.